The number of para-hydroxylation sites is 1. The molecule has 1 fully saturated rings. The number of amides is 3. The third kappa shape index (κ3) is 5.69. The molecule has 4 rings (SSSR count). The van der Waals surface area contributed by atoms with Crippen molar-refractivity contribution in [1.29, 1.82) is 0 Å². The molecule has 0 bridgehead atoms. The zero-order valence-corrected chi connectivity index (χ0v) is 22.3. The highest BCUT2D eigenvalue weighted by atomic mass is 19.4. The number of nitrogens with one attached hydrogen (secondary N) is 2. The lowest BCUT2D eigenvalue weighted by molar-refractivity contribution is -0.146. The summed E-state index contributed by atoms with van der Waals surface area (Å²) in [6, 6.07) is 9.80. The molecule has 1 aliphatic heterocycles. The van der Waals surface area contributed by atoms with Crippen molar-refractivity contribution in [3.05, 3.63) is 64.7 Å². The summed E-state index contributed by atoms with van der Waals surface area (Å²) in [4.78, 5) is 45.7. The molecule has 2 aliphatic rings. The maximum Gasteiger partial charge on any atom is 0.416 e. The number of rotatable bonds is 8. The van der Waals surface area contributed by atoms with Gasteiger partial charge in [-0.3, -0.25) is 14.4 Å². The van der Waals surface area contributed by atoms with Crippen LogP contribution in [0.1, 0.15) is 68.2 Å². The van der Waals surface area contributed by atoms with Crippen LogP contribution in [-0.2, 0) is 20.6 Å². The van der Waals surface area contributed by atoms with Crippen molar-refractivity contribution in [3.63, 3.8) is 0 Å². The van der Waals surface area contributed by atoms with Gasteiger partial charge in [0.15, 0.2) is 0 Å². The van der Waals surface area contributed by atoms with Gasteiger partial charge in [0.2, 0.25) is 18.5 Å². The molecule has 3 amide bonds. The molecule has 2 aromatic rings. The Bertz CT molecular complexity index is 1270. The summed E-state index contributed by atoms with van der Waals surface area (Å²) in [5.74, 6) is -0.553. The Kier molecular flexibility index (Phi) is 8.13. The first-order chi connectivity index (χ1) is 18.5. The monoisotopic (exact) mass is 542 g/mol. The van der Waals surface area contributed by atoms with Crippen LogP contribution in [0.2, 0.25) is 0 Å². The molecule has 0 aromatic heterocycles. The number of aryl methyl sites for hydroxylation is 1. The van der Waals surface area contributed by atoms with Crippen LogP contribution in [0.15, 0.2) is 47.5 Å². The molecular formula is C29H33F3N4O3. The van der Waals surface area contributed by atoms with Crippen LogP contribution in [0.3, 0.4) is 0 Å². The number of anilines is 1. The molecule has 208 valence electrons. The Hall–Kier alpha value is -3.69. The highest BCUT2D eigenvalue weighted by molar-refractivity contribution is 6.20. The summed E-state index contributed by atoms with van der Waals surface area (Å²) in [7, 11) is 0. The number of carbonyl (C=O) groups excluding carboxylic acids is 3. The molecule has 7 nitrogen and oxygen atoms in total. The molecule has 2 aromatic carbocycles. The summed E-state index contributed by atoms with van der Waals surface area (Å²) < 4.78 is 39.7. The second-order valence-electron chi connectivity index (χ2n) is 10.6. The van der Waals surface area contributed by atoms with Gasteiger partial charge in [-0.2, -0.15) is 13.2 Å². The summed E-state index contributed by atoms with van der Waals surface area (Å²) in [6.07, 6.45) is -2.51. The maximum atomic E-state index is 13.6. The quantitative estimate of drug-likeness (QED) is 0.457. The van der Waals surface area contributed by atoms with E-state index in [0.29, 0.717) is 61.4 Å². The van der Waals surface area contributed by atoms with E-state index in [1.807, 2.05) is 13.8 Å². The molecule has 1 atom stereocenters. The SMILES string of the molecule is Cc1cccc2c1NC(=O)C(N(C=O)C1(C(=O)NCCC(C)C)CCCC1)N=C2c1ccc(C(F)(F)F)cc1. The van der Waals surface area contributed by atoms with Gasteiger partial charge in [0.05, 0.1) is 17.0 Å². The number of hydrogen-bond acceptors (Lipinski definition) is 4. The number of aliphatic imine (C=N–C) groups is 1. The summed E-state index contributed by atoms with van der Waals surface area (Å²) >= 11 is 0. The molecule has 1 aliphatic carbocycles. The lowest BCUT2D eigenvalue weighted by atomic mass is 9.93. The molecule has 1 saturated carbocycles. The van der Waals surface area contributed by atoms with Crippen LogP contribution in [-0.4, -0.2) is 47.1 Å². The Morgan fingerprint density at radius 3 is 2.44 bits per heavy atom. The largest absolute Gasteiger partial charge is 0.416 e. The third-order valence-electron chi connectivity index (χ3n) is 7.48. The van der Waals surface area contributed by atoms with Gasteiger partial charge < -0.3 is 15.5 Å². The van der Waals surface area contributed by atoms with Gasteiger partial charge in [0.25, 0.3) is 5.91 Å². The molecule has 0 saturated heterocycles. The minimum Gasteiger partial charge on any atom is -0.354 e. The highest BCUT2D eigenvalue weighted by Gasteiger charge is 2.50. The number of carbonyl (C=O) groups is 3. The lowest BCUT2D eigenvalue weighted by Gasteiger charge is -2.40. The molecular weight excluding hydrogens is 509 g/mol. The number of benzodiazepines with no additional fused rings is 1. The van der Waals surface area contributed by atoms with Gasteiger partial charge in [0, 0.05) is 17.7 Å². The fraction of sp³-hybridized carbons (Fsp3) is 0.448. The van der Waals surface area contributed by atoms with Crippen molar-refractivity contribution in [2.75, 3.05) is 11.9 Å². The van der Waals surface area contributed by atoms with Crippen molar-refractivity contribution in [1.82, 2.24) is 10.2 Å². The molecule has 1 unspecified atom stereocenters. The van der Waals surface area contributed by atoms with Gasteiger partial charge in [-0.15, -0.1) is 0 Å². The molecule has 0 radical (unpaired) electrons. The third-order valence-corrected chi connectivity index (χ3v) is 7.48. The normalized spacial score (nSPS) is 18.6. The van der Waals surface area contributed by atoms with Crippen LogP contribution in [0, 0.1) is 12.8 Å². The highest BCUT2D eigenvalue weighted by Crippen LogP contribution is 2.38. The van der Waals surface area contributed by atoms with Crippen molar-refractivity contribution >= 4 is 29.6 Å². The second kappa shape index (κ2) is 11.2. The summed E-state index contributed by atoms with van der Waals surface area (Å²) in [5.41, 5.74) is 0.222. The van der Waals surface area contributed by atoms with E-state index in [1.54, 1.807) is 25.1 Å². The number of hydrogen-bond donors (Lipinski definition) is 2. The average molecular weight is 543 g/mol. The predicted molar refractivity (Wildman–Crippen MR) is 142 cm³/mol. The molecule has 2 N–H and O–H groups in total. The van der Waals surface area contributed by atoms with Crippen LogP contribution in [0.25, 0.3) is 0 Å². The van der Waals surface area contributed by atoms with E-state index in [1.165, 1.54) is 17.0 Å². The van der Waals surface area contributed by atoms with Crippen LogP contribution in [0.5, 0.6) is 0 Å². The Morgan fingerprint density at radius 2 is 1.85 bits per heavy atom. The maximum absolute atomic E-state index is 13.6. The van der Waals surface area contributed by atoms with E-state index in [-0.39, 0.29) is 11.6 Å². The first-order valence-corrected chi connectivity index (χ1v) is 13.2. The summed E-state index contributed by atoms with van der Waals surface area (Å²) in [5, 5.41) is 5.81. The van der Waals surface area contributed by atoms with E-state index in [9.17, 15) is 27.6 Å². The number of halogens is 3. The van der Waals surface area contributed by atoms with Crippen LogP contribution in [0.4, 0.5) is 18.9 Å². The smallest absolute Gasteiger partial charge is 0.354 e. The van der Waals surface area contributed by atoms with E-state index in [4.69, 9.17) is 4.99 Å². The fourth-order valence-electron chi connectivity index (χ4n) is 5.30. The van der Waals surface area contributed by atoms with E-state index >= 15 is 0 Å². The van der Waals surface area contributed by atoms with Crippen molar-refractivity contribution < 1.29 is 27.6 Å². The van der Waals surface area contributed by atoms with Gasteiger partial charge in [-0.25, -0.2) is 4.99 Å². The topological polar surface area (TPSA) is 90.9 Å². The number of alkyl halides is 3. The molecule has 39 heavy (non-hydrogen) atoms. The van der Waals surface area contributed by atoms with Gasteiger partial charge in [0.1, 0.15) is 5.54 Å². The Balaban J connectivity index is 1.81. The molecule has 1 heterocycles. The fourth-order valence-corrected chi connectivity index (χ4v) is 5.30. The number of benzene rings is 2. The van der Waals surface area contributed by atoms with E-state index < -0.39 is 29.4 Å². The van der Waals surface area contributed by atoms with Crippen LogP contribution < -0.4 is 10.6 Å². The number of fused-ring (bicyclic) bond motifs is 1. The van der Waals surface area contributed by atoms with Crippen LogP contribution >= 0.6 is 0 Å². The zero-order chi connectivity index (χ0) is 28.4. The molecule has 0 spiro atoms. The minimum absolute atomic E-state index is 0.256. The zero-order valence-electron chi connectivity index (χ0n) is 22.3. The van der Waals surface area contributed by atoms with Gasteiger partial charge in [-0.1, -0.05) is 57.0 Å². The standard InChI is InChI=1S/C29H33F3N4O3/c1-18(2)13-16-33-27(39)28(14-4-5-15-28)36(17-37)25-26(38)35-23-19(3)7-6-8-22(23)24(34-25)20-9-11-21(12-10-20)29(30,31)32/h6-12,17-18,25H,4-5,13-16H2,1-3H3,(H,33,39)(H,35,38). The molecule has 10 heteroatoms. The first kappa shape index (κ1) is 28.3. The van der Waals surface area contributed by atoms with Crippen molar-refractivity contribution in [3.8, 4) is 0 Å². The van der Waals surface area contributed by atoms with Crippen molar-refractivity contribution in [2.24, 2.45) is 10.9 Å². The van der Waals surface area contributed by atoms with Gasteiger partial charge >= 0.3 is 6.18 Å². The number of nitrogens with zero attached hydrogens (tertiary/aromatic N) is 2. The lowest BCUT2D eigenvalue weighted by Crippen LogP contribution is -2.62. The average Bonchev–Trinajstić information content (AvgIpc) is 3.32. The van der Waals surface area contributed by atoms with Gasteiger partial charge in [-0.05, 0) is 49.8 Å². The van der Waals surface area contributed by atoms with E-state index in [0.717, 1.165) is 24.1 Å². The van der Waals surface area contributed by atoms with E-state index in [2.05, 4.69) is 10.6 Å². The summed E-state index contributed by atoms with van der Waals surface area (Å²) in [6.45, 7) is 6.32. The second-order valence-corrected chi connectivity index (χ2v) is 10.6. The Labute approximate surface area is 225 Å². The predicted octanol–water partition coefficient (Wildman–Crippen LogP) is 5.06. The minimum atomic E-state index is -4.51. The van der Waals surface area contributed by atoms with Crippen molar-refractivity contribution in [2.45, 2.75) is 70.8 Å². The first-order valence-electron chi connectivity index (χ1n) is 13.2. The Morgan fingerprint density at radius 1 is 1.18 bits per heavy atom.